The summed E-state index contributed by atoms with van der Waals surface area (Å²) in [5.74, 6) is 0.235. The van der Waals surface area contributed by atoms with Gasteiger partial charge in [0.05, 0.1) is 5.56 Å². The van der Waals surface area contributed by atoms with Crippen molar-refractivity contribution >= 4 is 23.4 Å². The lowest BCUT2D eigenvalue weighted by Gasteiger charge is -2.13. The second-order valence-electron chi connectivity index (χ2n) is 6.06. The smallest absolute Gasteiger partial charge is 0.335 e. The molecule has 3 N–H and O–H groups in total. The van der Waals surface area contributed by atoms with E-state index in [0.717, 1.165) is 13.0 Å². The van der Waals surface area contributed by atoms with Crippen molar-refractivity contribution in [1.82, 2.24) is 9.97 Å². The minimum atomic E-state index is -0.953. The van der Waals surface area contributed by atoms with E-state index in [2.05, 4.69) is 26.7 Å². The predicted molar refractivity (Wildman–Crippen MR) is 98.4 cm³/mol. The summed E-state index contributed by atoms with van der Waals surface area (Å²) in [6, 6.07) is 8.39. The van der Waals surface area contributed by atoms with Crippen LogP contribution >= 0.6 is 0 Å². The van der Waals surface area contributed by atoms with Crippen LogP contribution in [0.2, 0.25) is 0 Å². The number of carboxylic acids is 1. The van der Waals surface area contributed by atoms with Gasteiger partial charge in [0, 0.05) is 18.4 Å². The van der Waals surface area contributed by atoms with Crippen molar-refractivity contribution in [2.45, 2.75) is 32.1 Å². The summed E-state index contributed by atoms with van der Waals surface area (Å²) in [6.45, 7) is 0.809. The van der Waals surface area contributed by atoms with E-state index in [1.54, 1.807) is 36.5 Å². The summed E-state index contributed by atoms with van der Waals surface area (Å²) in [6.07, 6.45) is 10.0. The van der Waals surface area contributed by atoms with E-state index < -0.39 is 5.97 Å². The number of carboxylic acid groups (broad SMARTS) is 1. The van der Waals surface area contributed by atoms with Crippen LogP contribution in [-0.2, 0) is 0 Å². The van der Waals surface area contributed by atoms with Crippen molar-refractivity contribution in [3.63, 3.8) is 0 Å². The van der Waals surface area contributed by atoms with Crippen molar-refractivity contribution in [3.05, 3.63) is 53.7 Å². The Balaban J connectivity index is 1.58. The Kier molecular flexibility index (Phi) is 5.61. The fraction of sp³-hybridized carbons (Fsp3) is 0.316. The van der Waals surface area contributed by atoms with E-state index in [0.29, 0.717) is 17.5 Å². The maximum absolute atomic E-state index is 11.0. The van der Waals surface area contributed by atoms with Gasteiger partial charge in [0.15, 0.2) is 0 Å². The average Bonchev–Trinajstić information content (AvgIpc) is 2.63. The number of carbonyl (C=O) groups is 1. The predicted octanol–water partition coefficient (Wildman–Crippen LogP) is 4.22. The molecule has 6 nitrogen and oxygen atoms in total. The molecule has 3 rings (SSSR count). The highest BCUT2D eigenvalue weighted by Crippen LogP contribution is 2.20. The van der Waals surface area contributed by atoms with Crippen LogP contribution in [0.5, 0.6) is 0 Å². The van der Waals surface area contributed by atoms with Gasteiger partial charge in [-0.3, -0.25) is 0 Å². The maximum Gasteiger partial charge on any atom is 0.335 e. The molecular weight excluding hydrogens is 316 g/mol. The molecule has 6 heteroatoms. The van der Waals surface area contributed by atoms with Crippen molar-refractivity contribution in [2.75, 3.05) is 17.2 Å². The summed E-state index contributed by atoms with van der Waals surface area (Å²) < 4.78 is 0. The van der Waals surface area contributed by atoms with Gasteiger partial charge in [-0.1, -0.05) is 17.7 Å². The lowest BCUT2D eigenvalue weighted by Crippen LogP contribution is -2.08. The van der Waals surface area contributed by atoms with Gasteiger partial charge in [-0.15, -0.1) is 0 Å². The van der Waals surface area contributed by atoms with Gasteiger partial charge in [-0.25, -0.2) is 9.78 Å². The first-order valence-electron chi connectivity index (χ1n) is 8.56. The van der Waals surface area contributed by atoms with Gasteiger partial charge >= 0.3 is 5.97 Å². The molecule has 25 heavy (non-hydrogen) atoms. The van der Waals surface area contributed by atoms with Gasteiger partial charge in [0.25, 0.3) is 0 Å². The number of hydrogen-bond donors (Lipinski definition) is 3. The fourth-order valence-electron chi connectivity index (χ4n) is 2.86. The van der Waals surface area contributed by atoms with Gasteiger partial charge in [-0.05, 0) is 56.4 Å². The molecule has 0 amide bonds. The van der Waals surface area contributed by atoms with Gasteiger partial charge in [-0.2, -0.15) is 4.98 Å². The van der Waals surface area contributed by atoms with E-state index in [1.807, 2.05) is 0 Å². The van der Waals surface area contributed by atoms with Crippen molar-refractivity contribution in [3.8, 4) is 0 Å². The summed E-state index contributed by atoms with van der Waals surface area (Å²) in [5.41, 5.74) is 2.42. The molecule has 0 aliphatic heterocycles. The molecule has 0 fully saturated rings. The number of rotatable bonds is 7. The van der Waals surface area contributed by atoms with Crippen molar-refractivity contribution in [2.24, 2.45) is 0 Å². The molecule has 1 aromatic heterocycles. The molecule has 0 bridgehead atoms. The molecule has 0 atom stereocenters. The lowest BCUT2D eigenvalue weighted by atomic mass is 9.97. The Bertz CT molecular complexity index is 774. The summed E-state index contributed by atoms with van der Waals surface area (Å²) in [4.78, 5) is 19.7. The second-order valence-corrected chi connectivity index (χ2v) is 6.06. The van der Waals surface area contributed by atoms with Crippen LogP contribution in [0.25, 0.3) is 0 Å². The first kappa shape index (κ1) is 17.0. The molecule has 0 saturated carbocycles. The minimum absolute atomic E-state index is 0.234. The molecule has 0 saturated heterocycles. The molecule has 0 unspecified atom stereocenters. The molecule has 130 valence electrons. The number of allylic oxidation sites excluding steroid dienone is 1. The van der Waals surface area contributed by atoms with E-state index in [-0.39, 0.29) is 5.56 Å². The average molecular weight is 338 g/mol. The third kappa shape index (κ3) is 5.04. The summed E-state index contributed by atoms with van der Waals surface area (Å²) in [5, 5.41) is 15.4. The largest absolute Gasteiger partial charge is 0.478 e. The standard InChI is InChI=1S/C19H22N4O2/c24-18(25)15-7-4-8-16(13-15)22-17-10-12-21-19(23-17)20-11-9-14-5-2-1-3-6-14/h4-5,7-8,10,12-13H,1-3,6,9,11H2,(H,24,25)(H2,20,21,22,23). The number of hydrogen-bond acceptors (Lipinski definition) is 5. The highest BCUT2D eigenvalue weighted by atomic mass is 16.4. The number of aromatic nitrogens is 2. The van der Waals surface area contributed by atoms with Gasteiger partial charge in [0.1, 0.15) is 5.82 Å². The highest BCUT2D eigenvalue weighted by Gasteiger charge is 2.06. The zero-order chi connectivity index (χ0) is 17.5. The Morgan fingerprint density at radius 3 is 2.96 bits per heavy atom. The molecule has 2 aromatic rings. The Morgan fingerprint density at radius 1 is 1.24 bits per heavy atom. The maximum atomic E-state index is 11.0. The number of nitrogens with zero attached hydrogens (tertiary/aromatic N) is 2. The lowest BCUT2D eigenvalue weighted by molar-refractivity contribution is 0.0697. The van der Waals surface area contributed by atoms with Crippen LogP contribution in [0.15, 0.2) is 48.2 Å². The van der Waals surface area contributed by atoms with Crippen molar-refractivity contribution in [1.29, 1.82) is 0 Å². The zero-order valence-electron chi connectivity index (χ0n) is 14.0. The Morgan fingerprint density at radius 2 is 2.16 bits per heavy atom. The minimum Gasteiger partial charge on any atom is -0.478 e. The fourth-order valence-corrected chi connectivity index (χ4v) is 2.86. The first-order valence-corrected chi connectivity index (χ1v) is 8.56. The molecule has 1 aliphatic rings. The Hall–Kier alpha value is -2.89. The molecule has 0 spiro atoms. The highest BCUT2D eigenvalue weighted by molar-refractivity contribution is 5.89. The van der Waals surface area contributed by atoms with Crippen LogP contribution < -0.4 is 10.6 Å². The SMILES string of the molecule is O=C(O)c1cccc(Nc2ccnc(NCCC3=CCCCC3)n2)c1. The van der Waals surface area contributed by atoms with E-state index >= 15 is 0 Å². The van der Waals surface area contributed by atoms with Gasteiger partial charge < -0.3 is 15.7 Å². The molecule has 1 aliphatic carbocycles. The topological polar surface area (TPSA) is 87.1 Å². The van der Waals surface area contributed by atoms with Gasteiger partial charge in [0.2, 0.25) is 5.95 Å². The molecule has 1 heterocycles. The Labute approximate surface area is 147 Å². The van der Waals surface area contributed by atoms with Crippen LogP contribution in [0.4, 0.5) is 17.5 Å². The molecule has 0 radical (unpaired) electrons. The van der Waals surface area contributed by atoms with E-state index in [9.17, 15) is 4.79 Å². The van der Waals surface area contributed by atoms with E-state index in [4.69, 9.17) is 5.11 Å². The first-order chi connectivity index (χ1) is 12.2. The van der Waals surface area contributed by atoms with Crippen LogP contribution in [-0.4, -0.2) is 27.6 Å². The number of aromatic carboxylic acids is 1. The molecular formula is C19H22N4O2. The van der Waals surface area contributed by atoms with Crippen LogP contribution in [0.3, 0.4) is 0 Å². The zero-order valence-corrected chi connectivity index (χ0v) is 14.0. The van der Waals surface area contributed by atoms with Crippen LogP contribution in [0, 0.1) is 0 Å². The molecule has 1 aromatic carbocycles. The summed E-state index contributed by atoms with van der Waals surface area (Å²) >= 11 is 0. The van der Waals surface area contributed by atoms with E-state index in [1.165, 1.54) is 31.3 Å². The third-order valence-corrected chi connectivity index (χ3v) is 4.15. The number of anilines is 3. The normalized spacial score (nSPS) is 13.8. The van der Waals surface area contributed by atoms with Crippen molar-refractivity contribution < 1.29 is 9.90 Å². The monoisotopic (exact) mass is 338 g/mol. The number of benzene rings is 1. The summed E-state index contributed by atoms with van der Waals surface area (Å²) in [7, 11) is 0. The second kappa shape index (κ2) is 8.28. The van der Waals surface area contributed by atoms with Crippen LogP contribution in [0.1, 0.15) is 42.5 Å². The quantitative estimate of drug-likeness (QED) is 0.655. The number of nitrogens with one attached hydrogen (secondary N) is 2. The third-order valence-electron chi connectivity index (χ3n) is 4.15.